The first kappa shape index (κ1) is 20.6. The predicted molar refractivity (Wildman–Crippen MR) is 97.9 cm³/mol. The summed E-state index contributed by atoms with van der Waals surface area (Å²) in [6.45, 7) is 3.18. The van der Waals surface area contributed by atoms with Gasteiger partial charge in [0.15, 0.2) is 5.79 Å². The van der Waals surface area contributed by atoms with E-state index in [2.05, 4.69) is 5.32 Å². The molecule has 1 heterocycles. The lowest BCUT2D eigenvalue weighted by atomic mass is 9.93. The molecule has 146 valence electrons. The molecular formula is C19H30N2O5. The highest BCUT2D eigenvalue weighted by Crippen LogP contribution is 2.25. The number of ether oxygens (including phenoxy) is 2. The second-order valence-electron chi connectivity index (χ2n) is 6.98. The van der Waals surface area contributed by atoms with Gasteiger partial charge in [-0.25, -0.2) is 4.79 Å². The predicted octanol–water partition coefficient (Wildman–Crippen LogP) is 1.88. The van der Waals surface area contributed by atoms with Crippen LogP contribution in [0.3, 0.4) is 0 Å². The lowest BCUT2D eigenvalue weighted by molar-refractivity contribution is -0.147. The molecule has 0 aliphatic carbocycles. The van der Waals surface area contributed by atoms with Crippen molar-refractivity contribution >= 4 is 6.09 Å². The Morgan fingerprint density at radius 2 is 1.92 bits per heavy atom. The number of aliphatic hydroxyl groups is 1. The van der Waals surface area contributed by atoms with Gasteiger partial charge in [0.25, 0.3) is 0 Å². The first-order chi connectivity index (χ1) is 12.4. The van der Waals surface area contributed by atoms with Crippen molar-refractivity contribution in [2.75, 3.05) is 13.2 Å². The third-order valence-corrected chi connectivity index (χ3v) is 4.77. The Kier molecular flexibility index (Phi) is 7.84. The van der Waals surface area contributed by atoms with Crippen LogP contribution in [0.4, 0.5) is 4.79 Å². The Balaban J connectivity index is 1.81. The van der Waals surface area contributed by atoms with Gasteiger partial charge in [-0.3, -0.25) is 0 Å². The molecule has 0 aromatic heterocycles. The Hall–Kier alpha value is -1.67. The smallest absolute Gasteiger partial charge is 0.404 e. The number of rotatable bonds is 10. The van der Waals surface area contributed by atoms with Crippen LogP contribution in [0.5, 0.6) is 0 Å². The number of nitrogens with two attached hydrogens (primary N) is 1. The molecule has 0 spiro atoms. The molecule has 26 heavy (non-hydrogen) atoms. The van der Waals surface area contributed by atoms with Gasteiger partial charge in [-0.15, -0.1) is 0 Å². The number of unbranched alkanes of at least 4 members (excludes halogenated alkanes) is 1. The molecule has 0 saturated carbocycles. The van der Waals surface area contributed by atoms with E-state index in [9.17, 15) is 9.90 Å². The Morgan fingerprint density at radius 3 is 2.54 bits per heavy atom. The van der Waals surface area contributed by atoms with Crippen molar-refractivity contribution in [2.24, 2.45) is 5.73 Å². The van der Waals surface area contributed by atoms with E-state index < -0.39 is 30.1 Å². The summed E-state index contributed by atoms with van der Waals surface area (Å²) in [4.78, 5) is 11.1. The molecule has 0 bridgehead atoms. The van der Waals surface area contributed by atoms with E-state index in [0.29, 0.717) is 26.1 Å². The zero-order valence-corrected chi connectivity index (χ0v) is 15.3. The van der Waals surface area contributed by atoms with Gasteiger partial charge >= 0.3 is 6.09 Å². The Bertz CT molecular complexity index is 548. The van der Waals surface area contributed by atoms with Crippen LogP contribution in [0.2, 0.25) is 0 Å². The van der Waals surface area contributed by atoms with Crippen LogP contribution in [0.15, 0.2) is 30.3 Å². The molecular weight excluding hydrogens is 336 g/mol. The van der Waals surface area contributed by atoms with Crippen molar-refractivity contribution in [3.8, 4) is 0 Å². The van der Waals surface area contributed by atoms with Crippen LogP contribution in [-0.4, -0.2) is 53.5 Å². The zero-order chi connectivity index (χ0) is 19.0. The maximum absolute atomic E-state index is 11.1. The second-order valence-corrected chi connectivity index (χ2v) is 6.98. The molecule has 1 aliphatic rings. The molecule has 2 rings (SSSR count). The SMILES string of the molecule is CC1(CCCCC(N)[C@@H](O)[C@H](Cc2ccccc2)NC(=O)O)OCCO1. The van der Waals surface area contributed by atoms with Crippen LogP contribution in [-0.2, 0) is 15.9 Å². The van der Waals surface area contributed by atoms with E-state index in [0.717, 1.165) is 24.8 Å². The second kappa shape index (κ2) is 9.87. The quantitative estimate of drug-likeness (QED) is 0.470. The van der Waals surface area contributed by atoms with E-state index >= 15 is 0 Å². The minimum Gasteiger partial charge on any atom is -0.465 e. The average molecular weight is 366 g/mol. The molecule has 1 aliphatic heterocycles. The Morgan fingerprint density at radius 1 is 1.27 bits per heavy atom. The minimum atomic E-state index is -1.17. The van der Waals surface area contributed by atoms with Gasteiger partial charge in [-0.1, -0.05) is 36.8 Å². The maximum atomic E-state index is 11.1. The summed E-state index contributed by atoms with van der Waals surface area (Å²) in [5, 5.41) is 22.0. The van der Waals surface area contributed by atoms with E-state index in [1.807, 2.05) is 37.3 Å². The molecule has 1 aromatic carbocycles. The van der Waals surface area contributed by atoms with Crippen molar-refractivity contribution in [3.05, 3.63) is 35.9 Å². The molecule has 1 fully saturated rings. The van der Waals surface area contributed by atoms with Crippen LogP contribution in [0.25, 0.3) is 0 Å². The monoisotopic (exact) mass is 366 g/mol. The highest BCUT2D eigenvalue weighted by atomic mass is 16.7. The van der Waals surface area contributed by atoms with Crippen LogP contribution < -0.4 is 11.1 Å². The van der Waals surface area contributed by atoms with Gasteiger partial charge in [-0.2, -0.15) is 0 Å². The highest BCUT2D eigenvalue weighted by molar-refractivity contribution is 5.65. The number of carboxylic acid groups (broad SMARTS) is 1. The molecule has 1 aromatic rings. The third kappa shape index (κ3) is 6.57. The van der Waals surface area contributed by atoms with E-state index in [-0.39, 0.29) is 0 Å². The van der Waals surface area contributed by atoms with Crippen LogP contribution in [0, 0.1) is 0 Å². The fraction of sp³-hybridized carbons (Fsp3) is 0.632. The van der Waals surface area contributed by atoms with Gasteiger partial charge in [0.05, 0.1) is 25.4 Å². The normalized spacial score (nSPS) is 19.7. The maximum Gasteiger partial charge on any atom is 0.404 e. The Labute approximate surface area is 154 Å². The summed E-state index contributed by atoms with van der Waals surface area (Å²) < 4.78 is 11.1. The largest absolute Gasteiger partial charge is 0.465 e. The van der Waals surface area contributed by atoms with Gasteiger partial charge in [0, 0.05) is 12.5 Å². The third-order valence-electron chi connectivity index (χ3n) is 4.77. The first-order valence-electron chi connectivity index (χ1n) is 9.14. The van der Waals surface area contributed by atoms with Crippen molar-refractivity contribution in [3.63, 3.8) is 0 Å². The molecule has 0 radical (unpaired) electrons. The minimum absolute atomic E-state index is 0.391. The lowest BCUT2D eigenvalue weighted by Crippen LogP contribution is -2.52. The van der Waals surface area contributed by atoms with Crippen molar-refractivity contribution in [2.45, 2.75) is 63.0 Å². The molecule has 7 nitrogen and oxygen atoms in total. The summed E-state index contributed by atoms with van der Waals surface area (Å²) >= 11 is 0. The number of nitrogens with one attached hydrogen (secondary N) is 1. The fourth-order valence-electron chi connectivity index (χ4n) is 3.28. The van der Waals surface area contributed by atoms with Crippen LogP contribution >= 0.6 is 0 Å². The summed E-state index contributed by atoms with van der Waals surface area (Å²) in [7, 11) is 0. The number of hydrogen-bond donors (Lipinski definition) is 4. The average Bonchev–Trinajstić information content (AvgIpc) is 3.04. The standard InChI is InChI=1S/C19H30N2O5/c1-19(25-11-12-26-19)10-6-5-9-15(20)17(22)16(21-18(23)24)13-14-7-3-2-4-8-14/h2-4,7-8,15-17,21-22H,5-6,9-13,20H2,1H3,(H,23,24)/t15?,16-,17+/m0/s1. The molecule has 1 unspecified atom stereocenters. The van der Waals surface area contributed by atoms with Crippen molar-refractivity contribution < 1.29 is 24.5 Å². The van der Waals surface area contributed by atoms with Gasteiger partial charge in [0.2, 0.25) is 0 Å². The van der Waals surface area contributed by atoms with E-state index in [1.54, 1.807) is 0 Å². The lowest BCUT2D eigenvalue weighted by Gasteiger charge is -2.28. The van der Waals surface area contributed by atoms with Crippen molar-refractivity contribution in [1.82, 2.24) is 5.32 Å². The number of benzene rings is 1. The molecule has 3 atom stereocenters. The number of carbonyl (C=O) groups is 1. The number of amides is 1. The fourth-order valence-corrected chi connectivity index (χ4v) is 3.28. The molecule has 1 amide bonds. The summed E-state index contributed by atoms with van der Waals surface area (Å²) in [5.41, 5.74) is 7.07. The van der Waals surface area contributed by atoms with Gasteiger partial charge in [0.1, 0.15) is 0 Å². The van der Waals surface area contributed by atoms with E-state index in [1.165, 1.54) is 0 Å². The topological polar surface area (TPSA) is 114 Å². The molecule has 7 heteroatoms. The highest BCUT2D eigenvalue weighted by Gasteiger charge is 2.31. The van der Waals surface area contributed by atoms with Gasteiger partial charge in [-0.05, 0) is 31.7 Å². The van der Waals surface area contributed by atoms with Gasteiger partial charge < -0.3 is 30.7 Å². The number of aliphatic hydroxyl groups excluding tert-OH is 1. The molecule has 1 saturated heterocycles. The van der Waals surface area contributed by atoms with E-state index in [4.69, 9.17) is 20.3 Å². The summed E-state index contributed by atoms with van der Waals surface area (Å²) in [6.07, 6.45) is 1.32. The molecule has 5 N–H and O–H groups in total. The van der Waals surface area contributed by atoms with Crippen LogP contribution in [0.1, 0.15) is 38.2 Å². The number of hydrogen-bond acceptors (Lipinski definition) is 5. The zero-order valence-electron chi connectivity index (χ0n) is 15.3. The summed E-state index contributed by atoms with van der Waals surface area (Å²) in [6, 6.07) is 8.30. The summed E-state index contributed by atoms with van der Waals surface area (Å²) in [5.74, 6) is -0.510. The first-order valence-corrected chi connectivity index (χ1v) is 9.14. The van der Waals surface area contributed by atoms with Crippen molar-refractivity contribution in [1.29, 1.82) is 0 Å².